The van der Waals surface area contributed by atoms with E-state index in [1.807, 2.05) is 66.7 Å². The van der Waals surface area contributed by atoms with Crippen LogP contribution in [0.4, 0.5) is 22.7 Å². The van der Waals surface area contributed by atoms with Gasteiger partial charge in [-0.25, -0.2) is 4.79 Å². The minimum Gasteiger partial charge on any atom is -0.456 e. The molecular formula is C39H36N2O3. The second-order valence-corrected chi connectivity index (χ2v) is 11.6. The lowest BCUT2D eigenvalue weighted by molar-refractivity contribution is 0.0224. The molecule has 0 saturated carbocycles. The number of aryl methyl sites for hydroxylation is 1. The van der Waals surface area contributed by atoms with Crippen LogP contribution in [-0.2, 0) is 10.3 Å². The van der Waals surface area contributed by atoms with Gasteiger partial charge in [-0.1, -0.05) is 80.8 Å². The van der Waals surface area contributed by atoms with Crippen molar-refractivity contribution in [1.29, 1.82) is 0 Å². The normalized spacial score (nSPS) is 16.0. The highest BCUT2D eigenvalue weighted by molar-refractivity contribution is 5.97. The van der Waals surface area contributed by atoms with Crippen molar-refractivity contribution in [2.45, 2.75) is 45.1 Å². The third-order valence-corrected chi connectivity index (χ3v) is 8.71. The molecule has 0 aliphatic carbocycles. The molecule has 5 aromatic rings. The average Bonchev–Trinajstić information content (AvgIpc) is 3.35. The fourth-order valence-corrected chi connectivity index (χ4v) is 6.50. The van der Waals surface area contributed by atoms with Gasteiger partial charge in [0, 0.05) is 52.1 Å². The fraction of sp³-hybridized carbons (Fsp3) is 0.205. The molecule has 44 heavy (non-hydrogen) atoms. The van der Waals surface area contributed by atoms with Crippen LogP contribution < -0.4 is 15.0 Å². The van der Waals surface area contributed by atoms with Gasteiger partial charge < -0.3 is 19.7 Å². The quantitative estimate of drug-likeness (QED) is 0.139. The number of fused-ring (bicyclic) bond motifs is 6. The van der Waals surface area contributed by atoms with Gasteiger partial charge in [-0.15, -0.1) is 0 Å². The van der Waals surface area contributed by atoms with E-state index in [1.165, 1.54) is 19.3 Å². The lowest BCUT2D eigenvalue weighted by Crippen LogP contribution is -2.33. The van der Waals surface area contributed by atoms with Gasteiger partial charge in [-0.05, 0) is 73.5 Å². The van der Waals surface area contributed by atoms with Gasteiger partial charge in [0.25, 0.3) is 0 Å². The molecule has 1 unspecified atom stereocenters. The predicted molar refractivity (Wildman–Crippen MR) is 177 cm³/mol. The molecule has 0 amide bonds. The molecule has 2 aliphatic heterocycles. The zero-order chi connectivity index (χ0) is 30.1. The Labute approximate surface area is 259 Å². The number of nitrogens with one attached hydrogen (secondary N) is 1. The van der Waals surface area contributed by atoms with Crippen LogP contribution in [0.5, 0.6) is 11.5 Å². The van der Waals surface area contributed by atoms with Crippen molar-refractivity contribution in [3.05, 3.63) is 143 Å². The number of rotatable bonds is 9. The first kappa shape index (κ1) is 27.8. The molecule has 5 heteroatoms. The highest BCUT2D eigenvalue weighted by atomic mass is 16.6. The van der Waals surface area contributed by atoms with E-state index in [2.05, 4.69) is 72.6 Å². The Bertz CT molecular complexity index is 1820. The SMILES string of the molecule is CCCCCCN(c1ccccc1)c1ccc2c(c1)Oc1cc(C)c(Nc3ccccc3)cc1C21OC(=O)c2ccccc21. The molecule has 1 N–H and O–H groups in total. The summed E-state index contributed by atoms with van der Waals surface area (Å²) in [7, 11) is 0. The van der Waals surface area contributed by atoms with Gasteiger partial charge >= 0.3 is 5.97 Å². The van der Waals surface area contributed by atoms with Crippen molar-refractivity contribution in [3.63, 3.8) is 0 Å². The monoisotopic (exact) mass is 580 g/mol. The van der Waals surface area contributed by atoms with Crippen LogP contribution in [-0.4, -0.2) is 12.5 Å². The average molecular weight is 581 g/mol. The number of nitrogens with zero attached hydrogens (tertiary/aromatic N) is 1. The molecule has 1 atom stereocenters. The number of benzene rings is 5. The summed E-state index contributed by atoms with van der Waals surface area (Å²) in [5, 5.41) is 3.56. The molecule has 0 radical (unpaired) electrons. The number of esters is 1. The van der Waals surface area contributed by atoms with Crippen molar-refractivity contribution in [2.75, 3.05) is 16.8 Å². The highest BCUT2D eigenvalue weighted by Gasteiger charge is 2.53. The number of carbonyl (C=O) groups excluding carboxylic acids is 1. The number of hydrogen-bond donors (Lipinski definition) is 1. The number of carbonyl (C=O) groups is 1. The first-order chi connectivity index (χ1) is 21.6. The van der Waals surface area contributed by atoms with Crippen LogP contribution in [0.25, 0.3) is 0 Å². The molecule has 0 aromatic heterocycles. The van der Waals surface area contributed by atoms with E-state index in [4.69, 9.17) is 9.47 Å². The van der Waals surface area contributed by atoms with Gasteiger partial charge in [-0.2, -0.15) is 0 Å². The van der Waals surface area contributed by atoms with Crippen LogP contribution in [0, 0.1) is 6.92 Å². The van der Waals surface area contributed by atoms with Crippen molar-refractivity contribution in [2.24, 2.45) is 0 Å². The Morgan fingerprint density at radius 2 is 1.43 bits per heavy atom. The molecule has 5 aromatic carbocycles. The van der Waals surface area contributed by atoms with E-state index in [0.29, 0.717) is 17.1 Å². The molecule has 0 fully saturated rings. The summed E-state index contributed by atoms with van der Waals surface area (Å²) in [5.74, 6) is 1.05. The van der Waals surface area contributed by atoms with E-state index in [0.717, 1.165) is 58.0 Å². The molecule has 0 bridgehead atoms. The zero-order valence-corrected chi connectivity index (χ0v) is 25.2. The summed E-state index contributed by atoms with van der Waals surface area (Å²) >= 11 is 0. The Hall–Kier alpha value is -5.03. The minimum atomic E-state index is -1.13. The van der Waals surface area contributed by atoms with E-state index in [1.54, 1.807) is 0 Å². The zero-order valence-electron chi connectivity index (χ0n) is 25.2. The minimum absolute atomic E-state index is 0.330. The largest absolute Gasteiger partial charge is 0.456 e. The molecule has 2 heterocycles. The third-order valence-electron chi connectivity index (χ3n) is 8.71. The van der Waals surface area contributed by atoms with Crippen LogP contribution in [0.2, 0.25) is 0 Å². The lowest BCUT2D eigenvalue weighted by Gasteiger charge is -2.38. The van der Waals surface area contributed by atoms with Crippen LogP contribution in [0.1, 0.15) is 65.2 Å². The first-order valence-electron chi connectivity index (χ1n) is 15.5. The standard InChI is InChI=1S/C39H36N2O3/c1-3-4-5-14-23-41(29-17-10-7-11-18-29)30-21-22-33-37(25-30)43-36-24-27(2)35(40-28-15-8-6-9-16-28)26-34(36)39(33)32-20-13-12-19-31(32)38(42)44-39/h6-13,15-22,24-26,40H,3-5,14,23H2,1-2H3. The van der Waals surface area contributed by atoms with Gasteiger partial charge in [0.05, 0.1) is 5.56 Å². The fourth-order valence-electron chi connectivity index (χ4n) is 6.50. The number of hydrogen-bond acceptors (Lipinski definition) is 5. The number of ether oxygens (including phenoxy) is 2. The second-order valence-electron chi connectivity index (χ2n) is 11.6. The molecule has 0 saturated heterocycles. The Morgan fingerprint density at radius 3 is 2.23 bits per heavy atom. The van der Waals surface area contributed by atoms with E-state index < -0.39 is 5.60 Å². The summed E-state index contributed by atoms with van der Waals surface area (Å²) in [6, 6.07) is 38.7. The summed E-state index contributed by atoms with van der Waals surface area (Å²) < 4.78 is 13.2. The number of unbranched alkanes of at least 4 members (excludes halogenated alkanes) is 3. The maximum Gasteiger partial charge on any atom is 0.340 e. The Balaban J connectivity index is 1.37. The van der Waals surface area contributed by atoms with Gasteiger partial charge in [-0.3, -0.25) is 0 Å². The molecule has 5 nitrogen and oxygen atoms in total. The van der Waals surface area contributed by atoms with Crippen molar-refractivity contribution in [3.8, 4) is 11.5 Å². The number of para-hydroxylation sites is 2. The Morgan fingerprint density at radius 1 is 0.705 bits per heavy atom. The van der Waals surface area contributed by atoms with E-state index in [-0.39, 0.29) is 5.97 Å². The molecule has 1 spiro atoms. The summed E-state index contributed by atoms with van der Waals surface area (Å²) in [6.07, 6.45) is 4.69. The maximum absolute atomic E-state index is 13.4. The van der Waals surface area contributed by atoms with Gasteiger partial charge in [0.2, 0.25) is 0 Å². The summed E-state index contributed by atoms with van der Waals surface area (Å²) in [6.45, 7) is 5.20. The third kappa shape index (κ3) is 4.79. The van der Waals surface area contributed by atoms with Crippen molar-refractivity contribution >= 4 is 28.7 Å². The smallest absolute Gasteiger partial charge is 0.340 e. The van der Waals surface area contributed by atoms with E-state index >= 15 is 0 Å². The Kier molecular flexibility index (Phi) is 7.31. The highest BCUT2D eigenvalue weighted by Crippen LogP contribution is 2.57. The van der Waals surface area contributed by atoms with Crippen LogP contribution >= 0.6 is 0 Å². The van der Waals surface area contributed by atoms with E-state index in [9.17, 15) is 4.79 Å². The van der Waals surface area contributed by atoms with Crippen LogP contribution in [0.3, 0.4) is 0 Å². The molecule has 220 valence electrons. The lowest BCUT2D eigenvalue weighted by atomic mass is 9.77. The topological polar surface area (TPSA) is 50.8 Å². The first-order valence-corrected chi connectivity index (χ1v) is 15.5. The summed E-state index contributed by atoms with van der Waals surface area (Å²) in [4.78, 5) is 15.8. The molecule has 2 aliphatic rings. The predicted octanol–water partition coefficient (Wildman–Crippen LogP) is 10.0. The number of anilines is 4. The maximum atomic E-state index is 13.4. The van der Waals surface area contributed by atoms with Crippen molar-refractivity contribution in [1.82, 2.24) is 0 Å². The molecule has 7 rings (SSSR count). The summed E-state index contributed by atoms with van der Waals surface area (Å²) in [5.41, 5.74) is 7.03. The van der Waals surface area contributed by atoms with Crippen molar-refractivity contribution < 1.29 is 14.3 Å². The van der Waals surface area contributed by atoms with Gasteiger partial charge in [0.15, 0.2) is 5.60 Å². The van der Waals surface area contributed by atoms with Crippen LogP contribution in [0.15, 0.2) is 115 Å². The molecular weight excluding hydrogens is 544 g/mol. The second kappa shape index (κ2) is 11.6. The van der Waals surface area contributed by atoms with Gasteiger partial charge in [0.1, 0.15) is 11.5 Å².